The summed E-state index contributed by atoms with van der Waals surface area (Å²) in [5, 5.41) is 9.39. The molecule has 0 spiro atoms. The largest absolute Gasteiger partial charge is 0.306 e. The van der Waals surface area contributed by atoms with Crippen LogP contribution in [-0.4, -0.2) is 25.7 Å². The Morgan fingerprint density at radius 3 is 2.71 bits per heavy atom. The molecule has 7 nitrogen and oxygen atoms in total. The molecule has 3 heterocycles. The molecule has 28 heavy (non-hydrogen) atoms. The third-order valence-corrected chi connectivity index (χ3v) is 5.00. The van der Waals surface area contributed by atoms with Gasteiger partial charge in [0, 0.05) is 23.4 Å². The Morgan fingerprint density at radius 2 is 2.00 bits per heavy atom. The van der Waals surface area contributed by atoms with Crippen LogP contribution < -0.4 is 10.9 Å². The van der Waals surface area contributed by atoms with Crippen molar-refractivity contribution in [3.8, 4) is 16.5 Å². The van der Waals surface area contributed by atoms with E-state index in [2.05, 4.69) is 20.4 Å². The van der Waals surface area contributed by atoms with Crippen LogP contribution in [0.15, 0.2) is 64.8 Å². The number of amides is 1. The fraction of sp³-hybridized carbons (Fsp3) is 0.100. The lowest BCUT2D eigenvalue weighted by Crippen LogP contribution is -2.19. The van der Waals surface area contributed by atoms with Gasteiger partial charge in [-0.2, -0.15) is 9.78 Å². The topological polar surface area (TPSA) is 92.7 Å². The Kier molecular flexibility index (Phi) is 4.86. The number of H-pyrrole nitrogens is 1. The van der Waals surface area contributed by atoms with Crippen LogP contribution in [0.2, 0.25) is 0 Å². The first-order valence-electron chi connectivity index (χ1n) is 8.75. The lowest BCUT2D eigenvalue weighted by Gasteiger charge is -2.08. The summed E-state index contributed by atoms with van der Waals surface area (Å²) in [5.74, 6) is 0.414. The second-order valence-electron chi connectivity index (χ2n) is 6.04. The first kappa shape index (κ1) is 17.9. The molecule has 0 fully saturated rings. The van der Waals surface area contributed by atoms with E-state index in [1.807, 2.05) is 30.5 Å². The SMILES string of the molecule is CCc1cc(=O)[nH]c(-n2nc(-c3cccs3)cc2NC(=O)c2ccccc2)n1. The minimum absolute atomic E-state index is 0.260. The van der Waals surface area contributed by atoms with Crippen molar-refractivity contribution in [2.24, 2.45) is 0 Å². The molecule has 4 rings (SSSR count). The summed E-state index contributed by atoms with van der Waals surface area (Å²) in [6.45, 7) is 1.92. The van der Waals surface area contributed by atoms with Crippen molar-refractivity contribution in [3.05, 3.63) is 81.6 Å². The highest BCUT2D eigenvalue weighted by molar-refractivity contribution is 7.13. The van der Waals surface area contributed by atoms with Gasteiger partial charge in [0.1, 0.15) is 11.5 Å². The molecule has 0 atom stereocenters. The lowest BCUT2D eigenvalue weighted by molar-refractivity contribution is 0.102. The summed E-state index contributed by atoms with van der Waals surface area (Å²) < 4.78 is 1.45. The van der Waals surface area contributed by atoms with Crippen LogP contribution in [0.25, 0.3) is 16.5 Å². The number of aromatic amines is 1. The number of thiophene rings is 1. The standard InChI is InChI=1S/C20H17N5O2S/c1-2-14-11-18(26)23-20(21-14)25-17(12-15(24-25)16-9-6-10-28-16)22-19(27)13-7-4-3-5-8-13/h3-12H,2H2,1H3,(H,22,27)(H,21,23,26). The number of carbonyl (C=O) groups is 1. The number of rotatable bonds is 5. The second kappa shape index (κ2) is 7.61. The summed E-state index contributed by atoms with van der Waals surface area (Å²) in [4.78, 5) is 32.8. The summed E-state index contributed by atoms with van der Waals surface area (Å²) in [6.07, 6.45) is 0.613. The highest BCUT2D eigenvalue weighted by atomic mass is 32.1. The second-order valence-corrected chi connectivity index (χ2v) is 6.99. The fourth-order valence-electron chi connectivity index (χ4n) is 2.73. The van der Waals surface area contributed by atoms with Gasteiger partial charge in [-0.05, 0) is 30.0 Å². The summed E-state index contributed by atoms with van der Waals surface area (Å²) in [6, 6.07) is 16.0. The third-order valence-electron chi connectivity index (χ3n) is 4.11. The minimum Gasteiger partial charge on any atom is -0.306 e. The van der Waals surface area contributed by atoms with Crippen LogP contribution in [0.5, 0.6) is 0 Å². The van der Waals surface area contributed by atoms with Crippen LogP contribution in [0.3, 0.4) is 0 Å². The van der Waals surface area contributed by atoms with Gasteiger partial charge in [-0.3, -0.25) is 14.6 Å². The number of hydrogen-bond donors (Lipinski definition) is 2. The van der Waals surface area contributed by atoms with Crippen molar-refractivity contribution >= 4 is 23.1 Å². The lowest BCUT2D eigenvalue weighted by atomic mass is 10.2. The van der Waals surface area contributed by atoms with Crippen LogP contribution in [0, 0.1) is 0 Å². The molecule has 4 aromatic rings. The highest BCUT2D eigenvalue weighted by Gasteiger charge is 2.17. The van der Waals surface area contributed by atoms with Gasteiger partial charge in [0.05, 0.1) is 4.88 Å². The predicted octanol–water partition coefficient (Wildman–Crippen LogP) is 3.50. The number of nitrogens with zero attached hydrogens (tertiary/aromatic N) is 3. The Bertz CT molecular complexity index is 1160. The first-order chi connectivity index (χ1) is 13.6. The first-order valence-corrected chi connectivity index (χ1v) is 9.63. The van der Waals surface area contributed by atoms with E-state index in [9.17, 15) is 9.59 Å². The summed E-state index contributed by atoms with van der Waals surface area (Å²) >= 11 is 1.54. The number of hydrogen-bond acceptors (Lipinski definition) is 5. The number of aryl methyl sites for hydroxylation is 1. The Hall–Kier alpha value is -3.52. The minimum atomic E-state index is -0.270. The third kappa shape index (κ3) is 3.63. The zero-order valence-electron chi connectivity index (χ0n) is 15.0. The molecule has 1 amide bonds. The monoisotopic (exact) mass is 391 g/mol. The molecule has 0 unspecified atom stereocenters. The molecule has 0 saturated carbocycles. The van der Waals surface area contributed by atoms with Crippen LogP contribution in [0.4, 0.5) is 5.82 Å². The summed E-state index contributed by atoms with van der Waals surface area (Å²) in [5.41, 5.74) is 1.59. The van der Waals surface area contributed by atoms with E-state index < -0.39 is 0 Å². The smallest absolute Gasteiger partial charge is 0.256 e. The molecule has 2 N–H and O–H groups in total. The van der Waals surface area contributed by atoms with Gasteiger partial charge < -0.3 is 5.32 Å². The van der Waals surface area contributed by atoms with Gasteiger partial charge in [-0.15, -0.1) is 11.3 Å². The highest BCUT2D eigenvalue weighted by Crippen LogP contribution is 2.27. The van der Waals surface area contributed by atoms with Gasteiger partial charge in [-0.25, -0.2) is 4.98 Å². The molecule has 0 radical (unpaired) electrons. The Balaban J connectivity index is 1.79. The Morgan fingerprint density at radius 1 is 1.18 bits per heavy atom. The molecule has 3 aromatic heterocycles. The zero-order chi connectivity index (χ0) is 19.5. The Labute approximate surface area is 164 Å². The molecule has 0 aliphatic heterocycles. The van der Waals surface area contributed by atoms with E-state index >= 15 is 0 Å². The van der Waals surface area contributed by atoms with E-state index in [1.54, 1.807) is 30.3 Å². The average molecular weight is 391 g/mol. The molecular formula is C20H17N5O2S. The van der Waals surface area contributed by atoms with Crippen molar-refractivity contribution in [2.75, 3.05) is 5.32 Å². The van der Waals surface area contributed by atoms with E-state index in [1.165, 1.54) is 22.1 Å². The fourth-order valence-corrected chi connectivity index (χ4v) is 3.41. The van der Waals surface area contributed by atoms with Crippen LogP contribution in [0.1, 0.15) is 23.0 Å². The van der Waals surface area contributed by atoms with Gasteiger partial charge in [0.25, 0.3) is 11.5 Å². The van der Waals surface area contributed by atoms with Gasteiger partial charge in [-0.1, -0.05) is 31.2 Å². The van der Waals surface area contributed by atoms with Crippen molar-refractivity contribution < 1.29 is 4.79 Å². The van der Waals surface area contributed by atoms with E-state index in [-0.39, 0.29) is 17.4 Å². The van der Waals surface area contributed by atoms with Crippen molar-refractivity contribution in [1.82, 2.24) is 19.7 Å². The number of aromatic nitrogens is 4. The van der Waals surface area contributed by atoms with Gasteiger partial charge in [0.2, 0.25) is 5.95 Å². The molecule has 0 aliphatic rings. The summed E-state index contributed by atoms with van der Waals surface area (Å²) in [7, 11) is 0. The zero-order valence-corrected chi connectivity index (χ0v) is 15.9. The van der Waals surface area contributed by atoms with E-state index in [0.717, 1.165) is 4.88 Å². The normalized spacial score (nSPS) is 10.8. The quantitative estimate of drug-likeness (QED) is 0.545. The maximum atomic E-state index is 12.6. The number of carbonyl (C=O) groups excluding carboxylic acids is 1. The van der Waals surface area contributed by atoms with Crippen molar-refractivity contribution in [3.63, 3.8) is 0 Å². The molecule has 1 aromatic carbocycles. The van der Waals surface area contributed by atoms with Gasteiger partial charge in [0.15, 0.2) is 0 Å². The van der Waals surface area contributed by atoms with Crippen molar-refractivity contribution in [1.29, 1.82) is 0 Å². The van der Waals surface area contributed by atoms with Crippen molar-refractivity contribution in [2.45, 2.75) is 13.3 Å². The van der Waals surface area contributed by atoms with Gasteiger partial charge >= 0.3 is 0 Å². The number of anilines is 1. The molecule has 0 bridgehead atoms. The van der Waals surface area contributed by atoms with Crippen LogP contribution in [-0.2, 0) is 6.42 Å². The number of nitrogens with one attached hydrogen (secondary N) is 2. The number of benzene rings is 1. The maximum Gasteiger partial charge on any atom is 0.256 e. The molecule has 0 aliphatic carbocycles. The molecule has 140 valence electrons. The molecule has 0 saturated heterocycles. The molecular weight excluding hydrogens is 374 g/mol. The average Bonchev–Trinajstić information content (AvgIpc) is 3.38. The molecule has 8 heteroatoms. The predicted molar refractivity (Wildman–Crippen MR) is 109 cm³/mol. The van der Waals surface area contributed by atoms with E-state index in [0.29, 0.717) is 29.2 Å². The maximum absolute atomic E-state index is 12.6. The van der Waals surface area contributed by atoms with Crippen LogP contribution >= 0.6 is 11.3 Å². The van der Waals surface area contributed by atoms with E-state index in [4.69, 9.17) is 0 Å².